The zero-order chi connectivity index (χ0) is 22.6. The third-order valence-corrected chi connectivity index (χ3v) is 5.84. The minimum absolute atomic E-state index is 0.0699. The first kappa shape index (κ1) is 23.7. The SMILES string of the molecule is Cc1c(C(C)(C)C)cc(-c2cc(C(C)(C)C)[c]c(C(C)(C)C)c2)cc1C(C)(C)C. The molecule has 0 aliphatic heterocycles. The van der Waals surface area contributed by atoms with Gasteiger partial charge in [-0.1, -0.05) is 95.2 Å². The zero-order valence-electron chi connectivity index (χ0n) is 21.3. The molecular weight excluding hydrogens is 348 g/mol. The van der Waals surface area contributed by atoms with Crippen LogP contribution in [0.2, 0.25) is 0 Å². The molecule has 159 valence electrons. The Bertz CT molecular complexity index is 814. The predicted octanol–water partition coefficient (Wildman–Crippen LogP) is 8.65. The van der Waals surface area contributed by atoms with Crippen LogP contribution in [0.25, 0.3) is 11.1 Å². The van der Waals surface area contributed by atoms with Crippen LogP contribution in [0.4, 0.5) is 0 Å². The van der Waals surface area contributed by atoms with Crippen LogP contribution in [-0.2, 0) is 21.7 Å². The number of hydrogen-bond donors (Lipinski definition) is 0. The van der Waals surface area contributed by atoms with E-state index in [1.807, 2.05) is 0 Å². The molecule has 0 aromatic heterocycles. The van der Waals surface area contributed by atoms with Gasteiger partial charge in [-0.2, -0.15) is 0 Å². The van der Waals surface area contributed by atoms with Gasteiger partial charge in [0.25, 0.3) is 0 Å². The molecule has 2 rings (SSSR count). The maximum Gasteiger partial charge on any atom is -0.0103 e. The van der Waals surface area contributed by atoms with Gasteiger partial charge in [0.05, 0.1) is 0 Å². The lowest BCUT2D eigenvalue weighted by Gasteiger charge is -2.31. The Kier molecular flexibility index (Phi) is 5.96. The standard InChI is InChI=1S/C29H43/c1-19-24(28(8,9)10)16-21(17-25(19)29(11,12)13)20-14-22(26(2,3)4)18-23(15-20)27(5,6)7/h14-17H,1-13H3. The topological polar surface area (TPSA) is 0 Å². The van der Waals surface area contributed by atoms with Gasteiger partial charge >= 0.3 is 0 Å². The van der Waals surface area contributed by atoms with Gasteiger partial charge in [-0.15, -0.1) is 0 Å². The van der Waals surface area contributed by atoms with Crippen molar-refractivity contribution in [1.29, 1.82) is 0 Å². The molecule has 0 saturated heterocycles. The zero-order valence-corrected chi connectivity index (χ0v) is 21.3. The molecule has 0 fully saturated rings. The van der Waals surface area contributed by atoms with Gasteiger partial charge in [-0.05, 0) is 85.7 Å². The van der Waals surface area contributed by atoms with Crippen LogP contribution in [0.3, 0.4) is 0 Å². The Balaban J connectivity index is 2.90. The van der Waals surface area contributed by atoms with Crippen molar-refractivity contribution in [2.45, 2.75) is 112 Å². The van der Waals surface area contributed by atoms with E-state index in [-0.39, 0.29) is 21.7 Å². The fraction of sp³-hybridized carbons (Fsp3) is 0.586. The second-order valence-electron chi connectivity index (χ2n) is 12.9. The molecule has 0 bridgehead atoms. The summed E-state index contributed by atoms with van der Waals surface area (Å²) in [6.45, 7) is 29.9. The fourth-order valence-corrected chi connectivity index (χ4v) is 3.98. The van der Waals surface area contributed by atoms with Crippen molar-refractivity contribution in [2.24, 2.45) is 0 Å². The fourth-order valence-electron chi connectivity index (χ4n) is 3.98. The highest BCUT2D eigenvalue weighted by atomic mass is 14.3. The van der Waals surface area contributed by atoms with Gasteiger partial charge in [0, 0.05) is 0 Å². The minimum atomic E-state index is 0.0699. The predicted molar refractivity (Wildman–Crippen MR) is 130 cm³/mol. The summed E-state index contributed by atoms with van der Waals surface area (Å²) in [6, 6.07) is 13.3. The molecule has 0 amide bonds. The van der Waals surface area contributed by atoms with Crippen molar-refractivity contribution in [3.8, 4) is 11.1 Å². The summed E-state index contributed by atoms with van der Waals surface area (Å²) < 4.78 is 0. The first-order chi connectivity index (χ1) is 12.8. The molecule has 0 nitrogen and oxygen atoms in total. The highest BCUT2D eigenvalue weighted by molar-refractivity contribution is 5.69. The Labute approximate surface area is 181 Å². The number of benzene rings is 2. The molecule has 2 aromatic rings. The first-order valence-corrected chi connectivity index (χ1v) is 11.1. The molecule has 0 aliphatic rings. The van der Waals surface area contributed by atoms with Crippen LogP contribution in [0.5, 0.6) is 0 Å². The molecule has 0 unspecified atom stereocenters. The van der Waals surface area contributed by atoms with Crippen LogP contribution < -0.4 is 0 Å². The Morgan fingerprint density at radius 3 is 1.07 bits per heavy atom. The molecule has 0 saturated carbocycles. The highest BCUT2D eigenvalue weighted by Gasteiger charge is 2.26. The van der Waals surface area contributed by atoms with E-state index in [2.05, 4.69) is 120 Å². The third-order valence-electron chi connectivity index (χ3n) is 5.84. The number of rotatable bonds is 1. The molecule has 0 aliphatic carbocycles. The van der Waals surface area contributed by atoms with E-state index in [1.165, 1.54) is 38.9 Å². The van der Waals surface area contributed by atoms with E-state index in [0.717, 1.165) is 0 Å². The Hall–Kier alpha value is -1.56. The van der Waals surface area contributed by atoms with Crippen LogP contribution in [-0.4, -0.2) is 0 Å². The summed E-state index contributed by atoms with van der Waals surface area (Å²) in [5.41, 5.74) is 9.91. The average Bonchev–Trinajstić information content (AvgIpc) is 2.50. The lowest BCUT2D eigenvalue weighted by atomic mass is 9.74. The highest BCUT2D eigenvalue weighted by Crippen LogP contribution is 2.39. The molecular formula is C29H43. The van der Waals surface area contributed by atoms with Crippen LogP contribution in [0.1, 0.15) is 111 Å². The molecule has 0 atom stereocenters. The van der Waals surface area contributed by atoms with Crippen molar-refractivity contribution in [1.82, 2.24) is 0 Å². The maximum absolute atomic E-state index is 3.74. The van der Waals surface area contributed by atoms with Crippen molar-refractivity contribution in [3.05, 3.63) is 58.1 Å². The summed E-state index contributed by atoms with van der Waals surface area (Å²) in [6.07, 6.45) is 0. The molecule has 0 spiro atoms. The van der Waals surface area contributed by atoms with Crippen molar-refractivity contribution >= 4 is 0 Å². The number of hydrogen-bond acceptors (Lipinski definition) is 0. The Morgan fingerprint density at radius 2 is 0.793 bits per heavy atom. The van der Waals surface area contributed by atoms with Crippen molar-refractivity contribution in [3.63, 3.8) is 0 Å². The average molecular weight is 392 g/mol. The third kappa shape index (κ3) is 5.33. The monoisotopic (exact) mass is 391 g/mol. The summed E-state index contributed by atoms with van der Waals surface area (Å²) in [4.78, 5) is 0. The van der Waals surface area contributed by atoms with E-state index in [9.17, 15) is 0 Å². The normalized spacial score (nSPS) is 13.7. The van der Waals surface area contributed by atoms with Crippen LogP contribution >= 0.6 is 0 Å². The van der Waals surface area contributed by atoms with Gasteiger partial charge in [0.1, 0.15) is 0 Å². The van der Waals surface area contributed by atoms with E-state index in [1.54, 1.807) is 0 Å². The van der Waals surface area contributed by atoms with E-state index in [4.69, 9.17) is 0 Å². The lowest BCUT2D eigenvalue weighted by Crippen LogP contribution is -2.20. The largest absolute Gasteiger partial charge is 0.0561 e. The lowest BCUT2D eigenvalue weighted by molar-refractivity contribution is 0.561. The molecule has 0 heterocycles. The molecule has 29 heavy (non-hydrogen) atoms. The molecule has 0 N–H and O–H groups in total. The summed E-state index contributed by atoms with van der Waals surface area (Å²) >= 11 is 0. The van der Waals surface area contributed by atoms with Crippen molar-refractivity contribution < 1.29 is 0 Å². The minimum Gasteiger partial charge on any atom is -0.0561 e. The van der Waals surface area contributed by atoms with Crippen molar-refractivity contribution in [2.75, 3.05) is 0 Å². The maximum atomic E-state index is 3.74. The summed E-state index contributed by atoms with van der Waals surface area (Å²) in [5.74, 6) is 0. The quantitative estimate of drug-likeness (QED) is 0.456. The van der Waals surface area contributed by atoms with Gasteiger partial charge in [0.2, 0.25) is 0 Å². The van der Waals surface area contributed by atoms with Gasteiger partial charge in [-0.25, -0.2) is 0 Å². The van der Waals surface area contributed by atoms with Gasteiger partial charge in [-0.3, -0.25) is 0 Å². The second kappa shape index (κ2) is 7.29. The Morgan fingerprint density at radius 1 is 0.483 bits per heavy atom. The van der Waals surface area contributed by atoms with E-state index < -0.39 is 0 Å². The van der Waals surface area contributed by atoms with Crippen LogP contribution in [0.15, 0.2) is 24.3 Å². The molecule has 1 radical (unpaired) electrons. The summed E-state index contributed by atoms with van der Waals surface area (Å²) in [5, 5.41) is 0. The van der Waals surface area contributed by atoms with Gasteiger partial charge < -0.3 is 0 Å². The smallest absolute Gasteiger partial charge is 0.0103 e. The van der Waals surface area contributed by atoms with Gasteiger partial charge in [0.15, 0.2) is 0 Å². The molecule has 0 heteroatoms. The molecule has 2 aromatic carbocycles. The van der Waals surface area contributed by atoms with Crippen LogP contribution in [0, 0.1) is 13.0 Å². The second-order valence-corrected chi connectivity index (χ2v) is 12.9. The summed E-state index contributed by atoms with van der Waals surface area (Å²) in [7, 11) is 0. The first-order valence-electron chi connectivity index (χ1n) is 11.1. The van der Waals surface area contributed by atoms with E-state index in [0.29, 0.717) is 0 Å². The van der Waals surface area contributed by atoms with E-state index >= 15 is 0 Å².